The van der Waals surface area contributed by atoms with Crippen molar-refractivity contribution in [1.29, 1.82) is 0 Å². The van der Waals surface area contributed by atoms with Crippen LogP contribution in [0.4, 0.5) is 5.69 Å². The standard InChI is InChI=1S/C15H15N3O3S/c1-18(2)10-6-3-9(4-7-10)5-8-11(19)12-13(20)16-15(22)17-14(12)21/h3-8,12H,1-2H3,(H2,16,17,20,21,22)/b8-5+. The van der Waals surface area contributed by atoms with Crippen LogP contribution < -0.4 is 15.5 Å². The Labute approximate surface area is 133 Å². The SMILES string of the molecule is CN(C)c1ccc(/C=C/C(=O)C2C(=O)NC(=S)NC2=O)cc1. The van der Waals surface area contributed by atoms with Crippen molar-refractivity contribution >= 4 is 46.7 Å². The molecule has 1 aromatic carbocycles. The molecule has 0 atom stereocenters. The summed E-state index contributed by atoms with van der Waals surface area (Å²) in [5.41, 5.74) is 1.83. The fourth-order valence-corrected chi connectivity index (χ4v) is 2.14. The monoisotopic (exact) mass is 317 g/mol. The number of ketones is 1. The molecule has 0 radical (unpaired) electrons. The number of nitrogens with one attached hydrogen (secondary N) is 2. The van der Waals surface area contributed by atoms with Crippen LogP contribution in [0.25, 0.3) is 6.08 Å². The van der Waals surface area contributed by atoms with Gasteiger partial charge in [-0.25, -0.2) is 0 Å². The van der Waals surface area contributed by atoms with Crippen molar-refractivity contribution in [3.8, 4) is 0 Å². The van der Waals surface area contributed by atoms with Crippen molar-refractivity contribution in [3.63, 3.8) is 0 Å². The van der Waals surface area contributed by atoms with E-state index in [-0.39, 0.29) is 5.11 Å². The molecule has 2 N–H and O–H groups in total. The summed E-state index contributed by atoms with van der Waals surface area (Å²) in [7, 11) is 3.86. The Morgan fingerprint density at radius 1 is 1.14 bits per heavy atom. The van der Waals surface area contributed by atoms with Gasteiger partial charge in [0.1, 0.15) is 0 Å². The van der Waals surface area contributed by atoms with Crippen LogP contribution >= 0.6 is 12.2 Å². The number of nitrogens with zero attached hydrogens (tertiary/aromatic N) is 1. The van der Waals surface area contributed by atoms with Gasteiger partial charge in [-0.3, -0.25) is 14.4 Å². The maximum atomic E-state index is 12.0. The molecule has 1 aliphatic rings. The first kappa shape index (κ1) is 15.8. The lowest BCUT2D eigenvalue weighted by Crippen LogP contribution is -2.57. The number of thiocarbonyl (C=S) groups is 1. The van der Waals surface area contributed by atoms with Crippen LogP contribution in [-0.2, 0) is 14.4 Å². The molecule has 7 heteroatoms. The van der Waals surface area contributed by atoms with E-state index < -0.39 is 23.5 Å². The Balaban J connectivity index is 2.09. The van der Waals surface area contributed by atoms with E-state index in [1.54, 1.807) is 6.08 Å². The molecule has 0 saturated carbocycles. The van der Waals surface area contributed by atoms with Crippen molar-refractivity contribution in [2.45, 2.75) is 0 Å². The fourth-order valence-electron chi connectivity index (χ4n) is 1.94. The van der Waals surface area contributed by atoms with E-state index in [1.807, 2.05) is 43.3 Å². The molecule has 1 saturated heterocycles. The minimum Gasteiger partial charge on any atom is -0.378 e. The Hall–Kier alpha value is -2.54. The van der Waals surface area contributed by atoms with Crippen LogP contribution in [0.1, 0.15) is 5.56 Å². The molecule has 1 aromatic rings. The van der Waals surface area contributed by atoms with E-state index in [1.165, 1.54) is 6.08 Å². The normalized spacial score (nSPS) is 15.6. The van der Waals surface area contributed by atoms with Gasteiger partial charge in [-0.2, -0.15) is 0 Å². The number of hydrogen-bond acceptors (Lipinski definition) is 5. The number of anilines is 1. The van der Waals surface area contributed by atoms with Crippen molar-refractivity contribution < 1.29 is 14.4 Å². The van der Waals surface area contributed by atoms with Crippen molar-refractivity contribution in [3.05, 3.63) is 35.9 Å². The molecule has 0 aromatic heterocycles. The zero-order valence-electron chi connectivity index (χ0n) is 12.1. The average Bonchev–Trinajstić information content (AvgIpc) is 2.44. The summed E-state index contributed by atoms with van der Waals surface area (Å²) < 4.78 is 0. The minimum atomic E-state index is -1.40. The van der Waals surface area contributed by atoms with Crippen LogP contribution in [0, 0.1) is 5.92 Å². The van der Waals surface area contributed by atoms with E-state index in [4.69, 9.17) is 0 Å². The lowest BCUT2D eigenvalue weighted by atomic mass is 9.99. The third-order valence-electron chi connectivity index (χ3n) is 3.13. The van der Waals surface area contributed by atoms with Gasteiger partial charge in [-0.15, -0.1) is 0 Å². The van der Waals surface area contributed by atoms with Crippen LogP contribution in [-0.4, -0.2) is 36.8 Å². The second-order valence-corrected chi connectivity index (χ2v) is 5.37. The molecule has 0 bridgehead atoms. The first-order valence-corrected chi connectivity index (χ1v) is 6.94. The van der Waals surface area contributed by atoms with Gasteiger partial charge in [0.15, 0.2) is 16.8 Å². The summed E-state index contributed by atoms with van der Waals surface area (Å²) in [5, 5.41) is 4.44. The molecule has 6 nitrogen and oxygen atoms in total. The molecular weight excluding hydrogens is 302 g/mol. The van der Waals surface area contributed by atoms with Crippen LogP contribution in [0.2, 0.25) is 0 Å². The summed E-state index contributed by atoms with van der Waals surface area (Å²) in [5.74, 6) is -3.39. The highest BCUT2D eigenvalue weighted by atomic mass is 32.1. The van der Waals surface area contributed by atoms with Gasteiger partial charge in [0.25, 0.3) is 0 Å². The van der Waals surface area contributed by atoms with E-state index in [0.717, 1.165) is 11.3 Å². The molecule has 114 valence electrons. The molecule has 1 aliphatic heterocycles. The maximum absolute atomic E-state index is 12.0. The van der Waals surface area contributed by atoms with Gasteiger partial charge < -0.3 is 15.5 Å². The lowest BCUT2D eigenvalue weighted by Gasteiger charge is -2.20. The number of hydrogen-bond donors (Lipinski definition) is 2. The average molecular weight is 317 g/mol. The second kappa shape index (κ2) is 6.48. The zero-order valence-corrected chi connectivity index (χ0v) is 12.9. The lowest BCUT2D eigenvalue weighted by molar-refractivity contribution is -0.140. The molecule has 22 heavy (non-hydrogen) atoms. The minimum absolute atomic E-state index is 0.0812. The highest BCUT2D eigenvalue weighted by molar-refractivity contribution is 7.80. The van der Waals surface area contributed by atoms with Crippen molar-refractivity contribution in [2.24, 2.45) is 5.92 Å². The predicted octanol–water partition coefficient (Wildman–Crippen LogP) is 0.482. The third-order valence-corrected chi connectivity index (χ3v) is 3.34. The molecule has 0 aliphatic carbocycles. The molecule has 2 amide bonds. The first-order valence-electron chi connectivity index (χ1n) is 6.53. The highest BCUT2D eigenvalue weighted by Gasteiger charge is 2.37. The summed E-state index contributed by atoms with van der Waals surface area (Å²) in [6.07, 6.45) is 2.79. The Morgan fingerprint density at radius 3 is 2.18 bits per heavy atom. The van der Waals surface area contributed by atoms with Gasteiger partial charge in [-0.05, 0) is 36.0 Å². The second-order valence-electron chi connectivity index (χ2n) is 4.96. The third kappa shape index (κ3) is 3.56. The van der Waals surface area contributed by atoms with Crippen molar-refractivity contribution in [1.82, 2.24) is 10.6 Å². The number of rotatable bonds is 4. The Morgan fingerprint density at radius 2 is 1.68 bits per heavy atom. The summed E-state index contributed by atoms with van der Waals surface area (Å²) in [6, 6.07) is 7.50. The topological polar surface area (TPSA) is 78.5 Å². The smallest absolute Gasteiger partial charge is 0.246 e. The zero-order chi connectivity index (χ0) is 16.3. The number of carbonyl (C=O) groups is 3. The van der Waals surface area contributed by atoms with Gasteiger partial charge in [-0.1, -0.05) is 18.2 Å². The van der Waals surface area contributed by atoms with Gasteiger partial charge in [0, 0.05) is 19.8 Å². The Kier molecular flexibility index (Phi) is 4.67. The molecule has 0 unspecified atom stereocenters. The van der Waals surface area contributed by atoms with E-state index in [9.17, 15) is 14.4 Å². The van der Waals surface area contributed by atoms with Crippen LogP contribution in [0.5, 0.6) is 0 Å². The van der Waals surface area contributed by atoms with E-state index in [0.29, 0.717) is 0 Å². The molecular formula is C15H15N3O3S. The highest BCUT2D eigenvalue weighted by Crippen LogP contribution is 2.14. The summed E-state index contributed by atoms with van der Waals surface area (Å²) >= 11 is 4.68. The molecule has 1 fully saturated rings. The predicted molar refractivity (Wildman–Crippen MR) is 87.2 cm³/mol. The Bertz CT molecular complexity index is 645. The molecule has 2 rings (SSSR count). The quantitative estimate of drug-likeness (QED) is 0.480. The van der Waals surface area contributed by atoms with E-state index in [2.05, 4.69) is 22.9 Å². The number of allylic oxidation sites excluding steroid dienone is 1. The summed E-state index contributed by atoms with van der Waals surface area (Å²) in [6.45, 7) is 0. The number of carbonyl (C=O) groups excluding carboxylic acids is 3. The van der Waals surface area contributed by atoms with Gasteiger partial charge >= 0.3 is 0 Å². The van der Waals surface area contributed by atoms with E-state index >= 15 is 0 Å². The molecule has 0 spiro atoms. The maximum Gasteiger partial charge on any atom is 0.246 e. The molecule has 1 heterocycles. The first-order chi connectivity index (χ1) is 10.4. The van der Waals surface area contributed by atoms with Gasteiger partial charge in [0.2, 0.25) is 11.8 Å². The van der Waals surface area contributed by atoms with Crippen molar-refractivity contribution in [2.75, 3.05) is 19.0 Å². The number of amides is 2. The summed E-state index contributed by atoms with van der Waals surface area (Å²) in [4.78, 5) is 37.3. The van der Waals surface area contributed by atoms with Crippen LogP contribution in [0.15, 0.2) is 30.3 Å². The fraction of sp³-hybridized carbons (Fsp3) is 0.200. The largest absolute Gasteiger partial charge is 0.378 e. The van der Waals surface area contributed by atoms with Gasteiger partial charge in [0.05, 0.1) is 0 Å². The number of benzene rings is 1. The van der Waals surface area contributed by atoms with Crippen LogP contribution in [0.3, 0.4) is 0 Å².